The first kappa shape index (κ1) is 18.0. The number of rotatable bonds is 12. The van der Waals surface area contributed by atoms with Crippen molar-refractivity contribution in [3.63, 3.8) is 0 Å². The molecule has 4 nitrogen and oxygen atoms in total. The maximum absolute atomic E-state index is 5.69. The second-order valence-corrected chi connectivity index (χ2v) is 5.26. The molecule has 0 bridgehead atoms. The minimum Gasteiger partial charge on any atom is -0.491 e. The van der Waals surface area contributed by atoms with E-state index in [1.165, 1.54) is 5.56 Å². The molecule has 0 radical (unpaired) electrons. The zero-order valence-corrected chi connectivity index (χ0v) is 13.6. The van der Waals surface area contributed by atoms with Gasteiger partial charge in [-0.2, -0.15) is 0 Å². The summed E-state index contributed by atoms with van der Waals surface area (Å²) in [5.41, 5.74) is 1.23. The van der Waals surface area contributed by atoms with Gasteiger partial charge in [-0.05, 0) is 24.1 Å². The van der Waals surface area contributed by atoms with Gasteiger partial charge in [-0.3, -0.25) is 0 Å². The molecule has 0 atom stereocenters. The van der Waals surface area contributed by atoms with Gasteiger partial charge in [0.15, 0.2) is 0 Å². The first-order valence-corrected chi connectivity index (χ1v) is 7.83. The molecule has 1 aromatic carbocycles. The van der Waals surface area contributed by atoms with Crippen LogP contribution in [0, 0.1) is 0 Å². The van der Waals surface area contributed by atoms with Gasteiger partial charge in [0.1, 0.15) is 12.4 Å². The van der Waals surface area contributed by atoms with Crippen LogP contribution in [0.4, 0.5) is 0 Å². The number of hydrogen-bond donors (Lipinski definition) is 1. The predicted octanol–water partition coefficient (Wildman–Crippen LogP) is 3.01. The Morgan fingerprint density at radius 1 is 1.00 bits per heavy atom. The monoisotopic (exact) mass is 295 g/mol. The van der Waals surface area contributed by atoms with Crippen molar-refractivity contribution in [2.45, 2.75) is 39.8 Å². The van der Waals surface area contributed by atoms with Gasteiger partial charge in [0.2, 0.25) is 0 Å². The lowest BCUT2D eigenvalue weighted by Crippen LogP contribution is -2.21. The lowest BCUT2D eigenvalue weighted by Gasteiger charge is -2.11. The van der Waals surface area contributed by atoms with E-state index in [1.54, 1.807) is 0 Å². The van der Waals surface area contributed by atoms with Crippen LogP contribution in [0.25, 0.3) is 0 Å². The Bertz CT molecular complexity index is 369. The van der Waals surface area contributed by atoms with E-state index in [-0.39, 0.29) is 0 Å². The fourth-order valence-corrected chi connectivity index (χ4v) is 1.75. The number of benzene rings is 1. The molecular weight excluding hydrogens is 266 g/mol. The molecule has 120 valence electrons. The summed E-state index contributed by atoms with van der Waals surface area (Å²) in [6.07, 6.45) is 1.05. The molecule has 0 spiro atoms. The Labute approximate surface area is 128 Å². The summed E-state index contributed by atoms with van der Waals surface area (Å²) in [6, 6.07) is 8.65. The van der Waals surface area contributed by atoms with Crippen molar-refractivity contribution in [3.05, 3.63) is 29.8 Å². The van der Waals surface area contributed by atoms with Gasteiger partial charge in [0, 0.05) is 19.2 Å². The summed E-state index contributed by atoms with van der Waals surface area (Å²) in [5, 5.41) is 3.40. The van der Waals surface area contributed by atoms with Crippen LogP contribution in [0.3, 0.4) is 0 Å². The highest BCUT2D eigenvalue weighted by Crippen LogP contribution is 2.13. The van der Waals surface area contributed by atoms with Crippen LogP contribution in [-0.4, -0.2) is 39.1 Å². The van der Waals surface area contributed by atoms with E-state index in [4.69, 9.17) is 14.2 Å². The van der Waals surface area contributed by atoms with Crippen LogP contribution in [-0.2, 0) is 16.0 Å². The van der Waals surface area contributed by atoms with E-state index in [2.05, 4.69) is 38.2 Å². The zero-order chi connectivity index (χ0) is 15.3. The van der Waals surface area contributed by atoms with Crippen molar-refractivity contribution in [2.75, 3.05) is 33.0 Å². The van der Waals surface area contributed by atoms with Gasteiger partial charge < -0.3 is 19.5 Å². The largest absolute Gasteiger partial charge is 0.491 e. The fourth-order valence-electron chi connectivity index (χ4n) is 1.75. The predicted molar refractivity (Wildman–Crippen MR) is 85.8 cm³/mol. The molecular formula is C17H29NO3. The Morgan fingerprint density at radius 2 is 1.71 bits per heavy atom. The van der Waals surface area contributed by atoms with Gasteiger partial charge in [0.05, 0.1) is 19.8 Å². The van der Waals surface area contributed by atoms with E-state index < -0.39 is 0 Å². The van der Waals surface area contributed by atoms with E-state index in [9.17, 15) is 0 Å². The highest BCUT2D eigenvalue weighted by molar-refractivity contribution is 5.28. The van der Waals surface area contributed by atoms with E-state index in [1.807, 2.05) is 12.1 Å². The average Bonchev–Trinajstić information content (AvgIpc) is 2.48. The molecule has 0 unspecified atom stereocenters. The first-order chi connectivity index (χ1) is 10.2. The Balaban J connectivity index is 2.13. The molecule has 0 saturated carbocycles. The normalized spacial score (nSPS) is 11.0. The van der Waals surface area contributed by atoms with Gasteiger partial charge in [-0.15, -0.1) is 0 Å². The van der Waals surface area contributed by atoms with E-state index >= 15 is 0 Å². The highest BCUT2D eigenvalue weighted by Gasteiger charge is 1.99. The Hall–Kier alpha value is -1.10. The molecule has 0 aliphatic carbocycles. The summed E-state index contributed by atoms with van der Waals surface area (Å²) in [6.45, 7) is 10.5. The molecule has 0 aliphatic heterocycles. The van der Waals surface area contributed by atoms with Crippen LogP contribution in [0.15, 0.2) is 24.3 Å². The van der Waals surface area contributed by atoms with Crippen molar-refractivity contribution in [2.24, 2.45) is 0 Å². The van der Waals surface area contributed by atoms with Gasteiger partial charge in [0.25, 0.3) is 0 Å². The lowest BCUT2D eigenvalue weighted by atomic mass is 10.2. The second-order valence-electron chi connectivity index (χ2n) is 5.26. The molecule has 1 rings (SSSR count). The maximum atomic E-state index is 5.69. The van der Waals surface area contributed by atoms with Crippen molar-refractivity contribution in [1.82, 2.24) is 5.32 Å². The van der Waals surface area contributed by atoms with Gasteiger partial charge in [-0.1, -0.05) is 32.9 Å². The van der Waals surface area contributed by atoms with Crippen molar-refractivity contribution >= 4 is 0 Å². The maximum Gasteiger partial charge on any atom is 0.119 e. The number of nitrogens with one attached hydrogen (secondary N) is 1. The standard InChI is InChI=1S/C17H29NO3/c1-4-8-19-9-10-20-11-12-21-17-7-5-6-16(13-17)14-18-15(2)3/h5-7,13,15,18H,4,8-12,14H2,1-3H3. The molecule has 4 heteroatoms. The molecule has 1 N–H and O–H groups in total. The van der Waals surface area contributed by atoms with Crippen LogP contribution in [0.2, 0.25) is 0 Å². The third-order valence-electron chi connectivity index (χ3n) is 2.83. The SMILES string of the molecule is CCCOCCOCCOc1cccc(CNC(C)C)c1. The van der Waals surface area contributed by atoms with Crippen LogP contribution in [0.5, 0.6) is 5.75 Å². The van der Waals surface area contributed by atoms with Crippen LogP contribution < -0.4 is 10.1 Å². The lowest BCUT2D eigenvalue weighted by molar-refractivity contribution is 0.0366. The van der Waals surface area contributed by atoms with Gasteiger partial charge >= 0.3 is 0 Å². The van der Waals surface area contributed by atoms with Crippen LogP contribution in [0.1, 0.15) is 32.8 Å². The van der Waals surface area contributed by atoms with Crippen molar-refractivity contribution in [1.29, 1.82) is 0 Å². The summed E-state index contributed by atoms with van der Waals surface area (Å²) in [5.74, 6) is 0.892. The van der Waals surface area contributed by atoms with E-state index in [0.29, 0.717) is 32.5 Å². The minimum atomic E-state index is 0.484. The number of ether oxygens (including phenoxy) is 3. The average molecular weight is 295 g/mol. The van der Waals surface area contributed by atoms with Gasteiger partial charge in [-0.25, -0.2) is 0 Å². The van der Waals surface area contributed by atoms with E-state index in [0.717, 1.165) is 25.3 Å². The number of hydrogen-bond acceptors (Lipinski definition) is 4. The third-order valence-corrected chi connectivity index (χ3v) is 2.83. The molecule has 1 aromatic rings. The highest BCUT2D eigenvalue weighted by atomic mass is 16.5. The van der Waals surface area contributed by atoms with Crippen LogP contribution >= 0.6 is 0 Å². The zero-order valence-electron chi connectivity index (χ0n) is 13.6. The summed E-state index contributed by atoms with van der Waals surface area (Å²) in [4.78, 5) is 0. The smallest absolute Gasteiger partial charge is 0.119 e. The summed E-state index contributed by atoms with van der Waals surface area (Å²) in [7, 11) is 0. The molecule has 0 aliphatic rings. The molecule has 21 heavy (non-hydrogen) atoms. The Morgan fingerprint density at radius 3 is 2.43 bits per heavy atom. The molecule has 0 fully saturated rings. The molecule has 0 heterocycles. The quantitative estimate of drug-likeness (QED) is 0.602. The molecule has 0 amide bonds. The fraction of sp³-hybridized carbons (Fsp3) is 0.647. The topological polar surface area (TPSA) is 39.7 Å². The summed E-state index contributed by atoms with van der Waals surface area (Å²) >= 11 is 0. The second kappa shape index (κ2) is 11.5. The van der Waals surface area contributed by atoms with Crippen molar-refractivity contribution in [3.8, 4) is 5.75 Å². The first-order valence-electron chi connectivity index (χ1n) is 7.83. The molecule has 0 aromatic heterocycles. The third kappa shape index (κ3) is 9.45. The minimum absolute atomic E-state index is 0.484. The Kier molecular flexibility index (Phi) is 9.87. The summed E-state index contributed by atoms with van der Waals surface area (Å²) < 4.78 is 16.5. The molecule has 0 saturated heterocycles. The van der Waals surface area contributed by atoms with Crippen molar-refractivity contribution < 1.29 is 14.2 Å².